The number of aromatic nitrogens is 4. The van der Waals surface area contributed by atoms with Crippen LogP contribution in [-0.2, 0) is 43.4 Å². The molecule has 0 saturated heterocycles. The van der Waals surface area contributed by atoms with Gasteiger partial charge in [0.15, 0.2) is 29.0 Å². The maximum atomic E-state index is 14.3. The number of carboxylic acids is 1. The Hall–Kier alpha value is -6.26. The lowest BCUT2D eigenvalue weighted by molar-refractivity contribution is -0.140. The van der Waals surface area contributed by atoms with E-state index in [0.717, 1.165) is 23.1 Å². The number of carbonyl (C=O) groups is 5. The summed E-state index contributed by atoms with van der Waals surface area (Å²) in [5.41, 5.74) is 1.64. The summed E-state index contributed by atoms with van der Waals surface area (Å²) in [4.78, 5) is 66.8. The molecule has 5 rings (SSSR count). The number of para-hydroxylation sites is 2. The maximum Gasteiger partial charge on any atom is 0.408 e. The monoisotopic (exact) mass is 691 g/mol. The number of carbonyl (C=O) groups excluding carboxylic acids is 4. The van der Waals surface area contributed by atoms with Gasteiger partial charge < -0.3 is 25.2 Å². The number of aromatic amines is 1. The minimum absolute atomic E-state index is 0.0192. The number of hydrogen-bond acceptors (Lipinski definition) is 10. The number of amides is 3. The predicted molar refractivity (Wildman–Crippen MR) is 169 cm³/mol. The zero-order chi connectivity index (χ0) is 35.6. The number of fused-ring (bicyclic) bond motifs is 1. The predicted octanol–water partition coefficient (Wildman–Crippen LogP) is 2.27. The van der Waals surface area contributed by atoms with Crippen LogP contribution >= 0.6 is 0 Å². The van der Waals surface area contributed by atoms with Crippen LogP contribution in [0.25, 0.3) is 0 Å². The Labute approximate surface area is 282 Å². The van der Waals surface area contributed by atoms with Gasteiger partial charge in [-0.15, -0.1) is 10.2 Å². The number of ketones is 1. The van der Waals surface area contributed by atoms with Crippen LogP contribution in [0.1, 0.15) is 29.8 Å². The van der Waals surface area contributed by atoms with Crippen LogP contribution in [0.15, 0.2) is 72.8 Å². The summed E-state index contributed by atoms with van der Waals surface area (Å²) in [5.74, 6) is -6.80. The molecule has 17 heteroatoms. The highest BCUT2D eigenvalue weighted by molar-refractivity contribution is 6.07. The molecule has 2 heterocycles. The quantitative estimate of drug-likeness (QED) is 0.142. The topological polar surface area (TPSA) is 206 Å². The smallest absolute Gasteiger partial charge is 0.408 e. The molecule has 3 atom stereocenters. The van der Waals surface area contributed by atoms with Crippen LogP contribution in [0.2, 0.25) is 0 Å². The Bertz CT molecular complexity index is 1820. The molecule has 0 fully saturated rings. The van der Waals surface area contributed by atoms with Crippen molar-refractivity contribution in [1.29, 1.82) is 0 Å². The van der Waals surface area contributed by atoms with E-state index in [9.17, 15) is 37.9 Å². The van der Waals surface area contributed by atoms with Gasteiger partial charge in [-0.25, -0.2) is 13.6 Å². The third-order valence-electron chi connectivity index (χ3n) is 7.73. The molecule has 0 radical (unpaired) electrons. The number of nitrogens with one attached hydrogen (secondary N) is 3. The lowest BCUT2D eigenvalue weighted by atomic mass is 10.1. The van der Waals surface area contributed by atoms with Crippen LogP contribution in [0.3, 0.4) is 0 Å². The lowest BCUT2D eigenvalue weighted by Crippen LogP contribution is -2.57. The van der Waals surface area contributed by atoms with Crippen molar-refractivity contribution in [2.45, 2.75) is 50.4 Å². The Morgan fingerprint density at radius 1 is 0.940 bits per heavy atom. The number of aliphatic carboxylic acids is 1. The first kappa shape index (κ1) is 35.1. The molecule has 1 aliphatic heterocycles. The van der Waals surface area contributed by atoms with Crippen molar-refractivity contribution in [2.75, 3.05) is 11.5 Å². The number of alkyl carbamates (subject to hydrolysis) is 1. The summed E-state index contributed by atoms with van der Waals surface area (Å²) in [6.07, 6.45) is -1.75. The van der Waals surface area contributed by atoms with Crippen molar-refractivity contribution in [3.63, 3.8) is 0 Å². The van der Waals surface area contributed by atoms with Crippen LogP contribution in [0.4, 0.5) is 19.3 Å². The number of anilines is 1. The maximum absolute atomic E-state index is 14.3. The standard InChI is InChI=1S/C33H31F2N7O8/c34-21-10-6-11-22(35)30(21)49-18-27(43)24(16-29(44)45)36-31(46)26-15-20-9-4-5-12-25(20)42(26)32(47)23(13-14-28-38-40-41-39-28)37-33(48)50-17-19-7-2-1-3-8-19/h1-12,23-24,26H,13-18H2,(H,36,46)(H,37,48)(H,44,45)(H,38,39,40,41)/t23-,24-,26-/m0/s1. The number of nitrogens with zero attached hydrogens (tertiary/aromatic N) is 4. The third-order valence-corrected chi connectivity index (χ3v) is 7.73. The number of halogens is 2. The van der Waals surface area contributed by atoms with Crippen LogP contribution in [0.5, 0.6) is 5.75 Å². The van der Waals surface area contributed by atoms with Gasteiger partial charge in [0.1, 0.15) is 31.3 Å². The van der Waals surface area contributed by atoms with Crippen molar-refractivity contribution < 1.29 is 47.3 Å². The molecule has 50 heavy (non-hydrogen) atoms. The van der Waals surface area contributed by atoms with Crippen molar-refractivity contribution >= 4 is 35.3 Å². The van der Waals surface area contributed by atoms with E-state index in [1.807, 2.05) is 0 Å². The molecule has 0 bridgehead atoms. The molecular weight excluding hydrogens is 660 g/mol. The Morgan fingerprint density at radius 2 is 1.66 bits per heavy atom. The molecule has 3 amide bonds. The molecule has 1 aliphatic rings. The largest absolute Gasteiger partial charge is 0.481 e. The van der Waals surface area contributed by atoms with Gasteiger partial charge in [-0.2, -0.15) is 5.21 Å². The normalized spacial score (nSPS) is 14.6. The average molecular weight is 692 g/mol. The minimum Gasteiger partial charge on any atom is -0.481 e. The second kappa shape index (κ2) is 16.2. The molecule has 0 saturated carbocycles. The number of rotatable bonds is 15. The summed E-state index contributed by atoms with van der Waals surface area (Å²) >= 11 is 0. The first-order valence-electron chi connectivity index (χ1n) is 15.3. The zero-order valence-corrected chi connectivity index (χ0v) is 26.3. The van der Waals surface area contributed by atoms with Gasteiger partial charge in [0.2, 0.25) is 11.8 Å². The second-order valence-electron chi connectivity index (χ2n) is 11.1. The first-order chi connectivity index (χ1) is 24.1. The Kier molecular flexibility index (Phi) is 11.4. The molecule has 3 aromatic carbocycles. The van der Waals surface area contributed by atoms with E-state index in [1.54, 1.807) is 54.6 Å². The van der Waals surface area contributed by atoms with Crippen LogP contribution < -0.4 is 20.3 Å². The van der Waals surface area contributed by atoms with Crippen LogP contribution in [0, 0.1) is 11.6 Å². The lowest BCUT2D eigenvalue weighted by Gasteiger charge is -2.30. The molecule has 15 nitrogen and oxygen atoms in total. The van der Waals surface area contributed by atoms with E-state index in [-0.39, 0.29) is 31.7 Å². The number of tetrazole rings is 1. The van der Waals surface area contributed by atoms with Gasteiger partial charge in [-0.05, 0) is 35.7 Å². The highest BCUT2D eigenvalue weighted by atomic mass is 19.1. The summed E-state index contributed by atoms with van der Waals surface area (Å²) < 4.78 is 38.4. The van der Waals surface area contributed by atoms with E-state index in [2.05, 4.69) is 31.3 Å². The van der Waals surface area contributed by atoms with Crippen molar-refractivity contribution in [2.24, 2.45) is 0 Å². The van der Waals surface area contributed by atoms with Gasteiger partial charge >= 0.3 is 12.1 Å². The van der Waals surface area contributed by atoms with E-state index in [0.29, 0.717) is 16.8 Å². The number of ether oxygens (including phenoxy) is 2. The second-order valence-corrected chi connectivity index (χ2v) is 11.1. The average Bonchev–Trinajstić information content (AvgIpc) is 3.77. The van der Waals surface area contributed by atoms with E-state index in [4.69, 9.17) is 9.47 Å². The number of Topliss-reactive ketones (excluding diaryl/α,β-unsaturated/α-hetero) is 1. The van der Waals surface area contributed by atoms with Gasteiger partial charge in [0.05, 0.1) is 6.42 Å². The van der Waals surface area contributed by atoms with Gasteiger partial charge in [-0.1, -0.05) is 59.8 Å². The fraction of sp³-hybridized carbons (Fsp3) is 0.273. The fourth-order valence-corrected chi connectivity index (χ4v) is 5.31. The van der Waals surface area contributed by atoms with Crippen LogP contribution in [-0.4, -0.2) is 80.1 Å². The van der Waals surface area contributed by atoms with Gasteiger partial charge in [-0.3, -0.25) is 24.1 Å². The summed E-state index contributed by atoms with van der Waals surface area (Å²) in [6, 6.07) is 14.2. The van der Waals surface area contributed by atoms with Gasteiger partial charge in [0, 0.05) is 18.5 Å². The van der Waals surface area contributed by atoms with Gasteiger partial charge in [0.25, 0.3) is 0 Å². The third kappa shape index (κ3) is 8.80. The summed E-state index contributed by atoms with van der Waals surface area (Å²) in [5, 5.41) is 28.0. The summed E-state index contributed by atoms with van der Waals surface area (Å²) in [6.45, 7) is -1.04. The number of benzene rings is 3. The van der Waals surface area contributed by atoms with E-state index < -0.39 is 78.2 Å². The Balaban J connectivity index is 1.35. The fourth-order valence-electron chi connectivity index (χ4n) is 5.31. The molecule has 1 aromatic heterocycles. The van der Waals surface area contributed by atoms with Crippen molar-refractivity contribution in [3.8, 4) is 5.75 Å². The molecule has 4 N–H and O–H groups in total. The number of carboxylic acid groups (broad SMARTS) is 1. The molecule has 0 aliphatic carbocycles. The minimum atomic E-state index is -1.68. The SMILES string of the molecule is O=C(O)C[C@H](NC(=O)[C@@H]1Cc2ccccc2N1C(=O)[C@H](CCc1nn[nH]n1)NC(=O)OCc1ccccc1)C(=O)COc1c(F)cccc1F. The highest BCUT2D eigenvalue weighted by Gasteiger charge is 2.42. The number of H-pyrrole nitrogens is 1. The summed E-state index contributed by atoms with van der Waals surface area (Å²) in [7, 11) is 0. The molecule has 0 unspecified atom stereocenters. The zero-order valence-electron chi connectivity index (χ0n) is 26.3. The van der Waals surface area contributed by atoms with Crippen molar-refractivity contribution in [3.05, 3.63) is 101 Å². The van der Waals surface area contributed by atoms with E-state index in [1.165, 1.54) is 0 Å². The molecule has 260 valence electrons. The number of aryl methyl sites for hydroxylation is 1. The molecular formula is C33H31F2N7O8. The van der Waals surface area contributed by atoms with Crippen molar-refractivity contribution in [1.82, 2.24) is 31.3 Å². The van der Waals surface area contributed by atoms with E-state index >= 15 is 0 Å². The molecule has 4 aromatic rings. The Morgan fingerprint density at radius 3 is 2.36 bits per heavy atom. The first-order valence-corrected chi connectivity index (χ1v) is 15.3. The number of hydrogen-bond donors (Lipinski definition) is 4. The molecule has 0 spiro atoms. The highest BCUT2D eigenvalue weighted by Crippen LogP contribution is 2.33.